The molecule has 0 aromatic carbocycles. The third-order valence-corrected chi connectivity index (χ3v) is 3.06. The zero-order chi connectivity index (χ0) is 14.8. The van der Waals surface area contributed by atoms with Crippen molar-refractivity contribution < 1.29 is 9.90 Å². The van der Waals surface area contributed by atoms with E-state index < -0.39 is 11.5 Å². The summed E-state index contributed by atoms with van der Waals surface area (Å²) in [6, 6.07) is 4.88. The number of aromatic nitrogens is 5. The van der Waals surface area contributed by atoms with Crippen molar-refractivity contribution in [3.05, 3.63) is 40.6 Å². The summed E-state index contributed by atoms with van der Waals surface area (Å²) in [5.74, 6) is -0.601. The van der Waals surface area contributed by atoms with Crippen LogP contribution >= 0.6 is 0 Å². The second-order valence-corrected chi connectivity index (χ2v) is 4.85. The molecule has 0 aliphatic heterocycles. The first kappa shape index (κ1) is 13.9. The van der Waals surface area contributed by atoms with Crippen LogP contribution < -0.4 is 5.56 Å². The zero-order valence-corrected chi connectivity index (χ0v) is 11.2. The van der Waals surface area contributed by atoms with Crippen LogP contribution in [0.1, 0.15) is 19.7 Å². The minimum Gasteiger partial charge on any atom is -0.479 e. The Morgan fingerprint density at radius 2 is 2.15 bits per heavy atom. The third-order valence-electron chi connectivity index (χ3n) is 3.06. The molecule has 2 aromatic heterocycles. The summed E-state index contributed by atoms with van der Waals surface area (Å²) >= 11 is 0. The molecule has 0 radical (unpaired) electrons. The molecule has 8 nitrogen and oxygen atoms in total. The van der Waals surface area contributed by atoms with Crippen molar-refractivity contribution >= 4 is 5.97 Å². The highest BCUT2D eigenvalue weighted by atomic mass is 16.4. The molecule has 20 heavy (non-hydrogen) atoms. The smallest absolute Gasteiger partial charge is 0.331 e. The maximum Gasteiger partial charge on any atom is 0.331 e. The fraction of sp³-hybridized carbons (Fsp3) is 0.417. The van der Waals surface area contributed by atoms with Crippen LogP contribution in [0.5, 0.6) is 0 Å². The summed E-state index contributed by atoms with van der Waals surface area (Å²) in [6.07, 6.45) is 2.03. The summed E-state index contributed by atoms with van der Waals surface area (Å²) < 4.78 is 2.79. The lowest BCUT2D eigenvalue weighted by Gasteiger charge is -2.20. The van der Waals surface area contributed by atoms with Crippen LogP contribution in [0, 0.1) is 0 Å². The molecule has 0 unspecified atom stereocenters. The van der Waals surface area contributed by atoms with Gasteiger partial charge in [-0.2, -0.15) is 0 Å². The van der Waals surface area contributed by atoms with Gasteiger partial charge in [-0.05, 0) is 30.3 Å². The lowest BCUT2D eigenvalue weighted by molar-refractivity contribution is -0.146. The van der Waals surface area contributed by atoms with Gasteiger partial charge in [-0.1, -0.05) is 6.07 Å². The molecule has 0 fully saturated rings. The van der Waals surface area contributed by atoms with E-state index in [1.54, 1.807) is 18.3 Å². The molecule has 0 amide bonds. The summed E-state index contributed by atoms with van der Waals surface area (Å²) in [5.41, 5.74) is -1.36. The molecule has 0 spiro atoms. The molecule has 0 saturated heterocycles. The van der Waals surface area contributed by atoms with Crippen LogP contribution in [-0.2, 0) is 23.3 Å². The summed E-state index contributed by atoms with van der Waals surface area (Å²) in [7, 11) is 0. The number of carbonyl (C=O) groups is 1. The van der Waals surface area contributed by atoms with E-state index in [1.807, 2.05) is 0 Å². The number of hydrogen-bond acceptors (Lipinski definition) is 5. The van der Waals surface area contributed by atoms with Gasteiger partial charge in [0.05, 0.1) is 0 Å². The Labute approximate surface area is 114 Å². The van der Waals surface area contributed by atoms with Crippen molar-refractivity contribution in [1.29, 1.82) is 0 Å². The highest BCUT2D eigenvalue weighted by molar-refractivity contribution is 5.75. The lowest BCUT2D eigenvalue weighted by atomic mass is 10.1. The minimum atomic E-state index is -1.24. The monoisotopic (exact) mass is 277 g/mol. The summed E-state index contributed by atoms with van der Waals surface area (Å²) in [4.78, 5) is 22.8. The number of aryl methyl sites for hydroxylation is 2. The fourth-order valence-corrected chi connectivity index (χ4v) is 1.75. The van der Waals surface area contributed by atoms with Crippen molar-refractivity contribution in [3.63, 3.8) is 0 Å². The van der Waals surface area contributed by atoms with Crippen LogP contribution in [0.15, 0.2) is 29.2 Å². The van der Waals surface area contributed by atoms with Gasteiger partial charge >= 0.3 is 5.97 Å². The fourth-order valence-electron chi connectivity index (χ4n) is 1.75. The normalized spacial score (nSPS) is 11.5. The largest absolute Gasteiger partial charge is 0.479 e. The molecule has 106 valence electrons. The van der Waals surface area contributed by atoms with E-state index in [2.05, 4.69) is 15.5 Å². The average molecular weight is 277 g/mol. The SMILES string of the molecule is CC(C)(C(=O)O)n1nnnc1CCn1ccccc1=O. The topological polar surface area (TPSA) is 103 Å². The molecule has 2 aromatic rings. The number of carboxylic acids is 1. The molecule has 8 heteroatoms. The van der Waals surface area contributed by atoms with E-state index >= 15 is 0 Å². The number of pyridine rings is 1. The maximum absolute atomic E-state index is 11.6. The molecule has 0 saturated carbocycles. The molecular weight excluding hydrogens is 262 g/mol. The number of nitrogens with zero attached hydrogens (tertiary/aromatic N) is 5. The van der Waals surface area contributed by atoms with Gasteiger partial charge in [-0.25, -0.2) is 9.48 Å². The Balaban J connectivity index is 2.20. The molecule has 0 aliphatic carbocycles. The van der Waals surface area contributed by atoms with Crippen molar-refractivity contribution in [2.24, 2.45) is 0 Å². The number of hydrogen-bond donors (Lipinski definition) is 1. The molecule has 2 rings (SSSR count). The van der Waals surface area contributed by atoms with Gasteiger partial charge in [0, 0.05) is 25.2 Å². The van der Waals surface area contributed by atoms with Gasteiger partial charge in [-0.15, -0.1) is 5.10 Å². The number of tetrazole rings is 1. The molecular formula is C12H15N5O3. The molecule has 2 heterocycles. The van der Waals surface area contributed by atoms with E-state index in [9.17, 15) is 14.7 Å². The Bertz CT molecular complexity index is 673. The maximum atomic E-state index is 11.6. The first-order valence-electron chi connectivity index (χ1n) is 6.09. The number of aliphatic carboxylic acids is 1. The quantitative estimate of drug-likeness (QED) is 0.818. The van der Waals surface area contributed by atoms with E-state index in [0.29, 0.717) is 18.8 Å². The van der Waals surface area contributed by atoms with Crippen LogP contribution in [0.3, 0.4) is 0 Å². The Morgan fingerprint density at radius 3 is 2.80 bits per heavy atom. The average Bonchev–Trinajstić information content (AvgIpc) is 2.86. The first-order chi connectivity index (χ1) is 9.43. The van der Waals surface area contributed by atoms with Crippen molar-refractivity contribution in [2.75, 3.05) is 0 Å². The van der Waals surface area contributed by atoms with E-state index in [4.69, 9.17) is 0 Å². The van der Waals surface area contributed by atoms with Gasteiger partial charge in [0.1, 0.15) is 0 Å². The summed E-state index contributed by atoms with van der Waals surface area (Å²) in [6.45, 7) is 3.42. The van der Waals surface area contributed by atoms with Gasteiger partial charge in [-0.3, -0.25) is 4.79 Å². The summed E-state index contributed by atoms with van der Waals surface area (Å²) in [5, 5.41) is 20.3. The van der Waals surface area contributed by atoms with Crippen molar-refractivity contribution in [2.45, 2.75) is 32.4 Å². The Hall–Kier alpha value is -2.51. The molecule has 0 bridgehead atoms. The lowest BCUT2D eigenvalue weighted by Crippen LogP contribution is -2.38. The predicted molar refractivity (Wildman–Crippen MR) is 69.2 cm³/mol. The van der Waals surface area contributed by atoms with Crippen LogP contribution in [0.2, 0.25) is 0 Å². The highest BCUT2D eigenvalue weighted by Crippen LogP contribution is 2.15. The molecule has 0 aliphatic rings. The zero-order valence-electron chi connectivity index (χ0n) is 11.2. The third kappa shape index (κ3) is 2.58. The Kier molecular flexibility index (Phi) is 3.64. The number of rotatable bonds is 5. The van der Waals surface area contributed by atoms with E-state index in [-0.39, 0.29) is 5.56 Å². The second-order valence-electron chi connectivity index (χ2n) is 4.85. The van der Waals surface area contributed by atoms with Crippen molar-refractivity contribution in [1.82, 2.24) is 24.8 Å². The minimum absolute atomic E-state index is 0.121. The van der Waals surface area contributed by atoms with Gasteiger partial charge in [0.2, 0.25) is 0 Å². The van der Waals surface area contributed by atoms with E-state index in [1.165, 1.54) is 29.2 Å². The molecule has 1 N–H and O–H groups in total. The van der Waals surface area contributed by atoms with Crippen LogP contribution in [-0.4, -0.2) is 35.9 Å². The first-order valence-corrected chi connectivity index (χ1v) is 6.09. The van der Waals surface area contributed by atoms with Crippen LogP contribution in [0.4, 0.5) is 0 Å². The highest BCUT2D eigenvalue weighted by Gasteiger charge is 2.33. The molecule has 0 atom stereocenters. The number of carboxylic acid groups (broad SMARTS) is 1. The van der Waals surface area contributed by atoms with Crippen LogP contribution in [0.25, 0.3) is 0 Å². The predicted octanol–water partition coefficient (Wildman–Crippen LogP) is -0.103. The Morgan fingerprint density at radius 1 is 1.40 bits per heavy atom. The van der Waals surface area contributed by atoms with Crippen molar-refractivity contribution in [3.8, 4) is 0 Å². The van der Waals surface area contributed by atoms with Gasteiger partial charge in [0.15, 0.2) is 11.4 Å². The van der Waals surface area contributed by atoms with Gasteiger partial charge < -0.3 is 9.67 Å². The van der Waals surface area contributed by atoms with E-state index in [0.717, 1.165) is 0 Å². The second kappa shape index (κ2) is 5.24. The standard InChI is InChI=1S/C12H15N5O3/c1-12(2,11(19)20)17-9(13-14-15-17)6-8-16-7-4-3-5-10(16)18/h3-5,7H,6,8H2,1-2H3,(H,19,20). The van der Waals surface area contributed by atoms with Gasteiger partial charge in [0.25, 0.3) is 5.56 Å².